The van der Waals surface area contributed by atoms with E-state index in [-0.39, 0.29) is 23.9 Å². The molecule has 2 aliphatic carbocycles. The third kappa shape index (κ3) is 8.15. The van der Waals surface area contributed by atoms with Crippen LogP contribution >= 0.6 is 0 Å². The molecular weight excluding hydrogens is 448 g/mol. The summed E-state index contributed by atoms with van der Waals surface area (Å²) in [5, 5.41) is 16.7. The maximum absolute atomic E-state index is 12.5. The summed E-state index contributed by atoms with van der Waals surface area (Å²) in [6, 6.07) is 3.07. The van der Waals surface area contributed by atoms with Crippen molar-refractivity contribution in [3.05, 3.63) is 23.8 Å². The molecule has 2 aliphatic rings. The van der Waals surface area contributed by atoms with Crippen molar-refractivity contribution in [3.8, 4) is 0 Å². The topological polar surface area (TPSA) is 140 Å². The Labute approximate surface area is 206 Å². The van der Waals surface area contributed by atoms with Gasteiger partial charge in [-0.2, -0.15) is 0 Å². The lowest BCUT2D eigenvalue weighted by molar-refractivity contribution is -0.123. The minimum absolute atomic E-state index is 0.183. The number of carbonyl (C=O) groups is 4. The molecule has 0 aromatic heterocycles. The molecule has 1 aromatic rings. The summed E-state index contributed by atoms with van der Waals surface area (Å²) >= 11 is 0. The SMILES string of the molecule is Cc1ccc(NC(=O)N[C@H](C)C(=O)NC2CCCC2)cc1NC(=O)N[C@@H](C)C(=O)NC1CCCC1. The molecule has 0 saturated heterocycles. The van der Waals surface area contributed by atoms with Crippen LogP contribution in [-0.2, 0) is 9.59 Å². The van der Waals surface area contributed by atoms with E-state index in [1.54, 1.807) is 32.0 Å². The van der Waals surface area contributed by atoms with Crippen LogP contribution in [-0.4, -0.2) is 48.0 Å². The molecule has 2 fully saturated rings. The van der Waals surface area contributed by atoms with Gasteiger partial charge in [-0.1, -0.05) is 31.7 Å². The molecule has 3 rings (SSSR count). The number of urea groups is 2. The smallest absolute Gasteiger partial charge is 0.319 e. The third-order valence-electron chi connectivity index (χ3n) is 6.63. The molecular formula is C25H38N6O4. The number of amides is 6. The zero-order chi connectivity index (χ0) is 25.4. The Kier molecular flexibility index (Phi) is 9.33. The summed E-state index contributed by atoms with van der Waals surface area (Å²) in [6.45, 7) is 5.11. The van der Waals surface area contributed by atoms with Gasteiger partial charge in [0.2, 0.25) is 11.8 Å². The van der Waals surface area contributed by atoms with Gasteiger partial charge >= 0.3 is 12.1 Å². The maximum atomic E-state index is 12.5. The lowest BCUT2D eigenvalue weighted by Crippen LogP contribution is -2.48. The second-order valence-electron chi connectivity index (χ2n) is 9.65. The Hall–Kier alpha value is -3.30. The van der Waals surface area contributed by atoms with Crippen LogP contribution in [0, 0.1) is 6.92 Å². The lowest BCUT2D eigenvalue weighted by Gasteiger charge is -2.19. The number of hydrogen-bond acceptors (Lipinski definition) is 4. The molecule has 2 atom stereocenters. The van der Waals surface area contributed by atoms with Gasteiger partial charge in [-0.3, -0.25) is 9.59 Å². The zero-order valence-corrected chi connectivity index (χ0v) is 20.8. The first kappa shape index (κ1) is 26.3. The number of hydrogen-bond donors (Lipinski definition) is 6. The van der Waals surface area contributed by atoms with Crippen molar-refractivity contribution in [2.45, 2.75) is 96.3 Å². The molecule has 35 heavy (non-hydrogen) atoms. The molecule has 2 saturated carbocycles. The monoisotopic (exact) mass is 486 g/mol. The highest BCUT2D eigenvalue weighted by Gasteiger charge is 2.23. The molecule has 0 bridgehead atoms. The highest BCUT2D eigenvalue weighted by molar-refractivity contribution is 5.96. The zero-order valence-electron chi connectivity index (χ0n) is 20.8. The Balaban J connectivity index is 1.48. The van der Waals surface area contributed by atoms with E-state index in [2.05, 4.69) is 31.9 Å². The van der Waals surface area contributed by atoms with Gasteiger partial charge in [0, 0.05) is 23.5 Å². The first-order valence-electron chi connectivity index (χ1n) is 12.6. The van der Waals surface area contributed by atoms with Crippen LogP contribution < -0.4 is 31.9 Å². The molecule has 0 unspecified atom stereocenters. The predicted molar refractivity (Wildman–Crippen MR) is 135 cm³/mol. The van der Waals surface area contributed by atoms with E-state index in [0.717, 1.165) is 56.9 Å². The molecule has 0 spiro atoms. The average molecular weight is 487 g/mol. The largest absolute Gasteiger partial charge is 0.352 e. The Morgan fingerprint density at radius 2 is 1.20 bits per heavy atom. The fourth-order valence-electron chi connectivity index (χ4n) is 4.48. The molecule has 6 amide bonds. The molecule has 6 N–H and O–H groups in total. The molecule has 1 aromatic carbocycles. The highest BCUT2D eigenvalue weighted by atomic mass is 16.2. The van der Waals surface area contributed by atoms with Crippen molar-refractivity contribution in [1.82, 2.24) is 21.3 Å². The second kappa shape index (κ2) is 12.4. The first-order valence-corrected chi connectivity index (χ1v) is 12.6. The van der Waals surface area contributed by atoms with E-state index in [1.165, 1.54) is 0 Å². The number of anilines is 2. The number of benzene rings is 1. The molecule has 10 nitrogen and oxygen atoms in total. The second-order valence-corrected chi connectivity index (χ2v) is 9.65. The van der Waals surface area contributed by atoms with E-state index >= 15 is 0 Å². The summed E-state index contributed by atoms with van der Waals surface area (Å²) in [7, 11) is 0. The molecule has 10 heteroatoms. The number of carbonyl (C=O) groups excluding carboxylic acids is 4. The minimum Gasteiger partial charge on any atom is -0.352 e. The van der Waals surface area contributed by atoms with Crippen LogP contribution in [0.1, 0.15) is 70.8 Å². The van der Waals surface area contributed by atoms with Crippen molar-refractivity contribution in [1.29, 1.82) is 0 Å². The normalized spacial score (nSPS) is 17.8. The molecule has 0 aliphatic heterocycles. The van der Waals surface area contributed by atoms with Crippen LogP contribution in [0.15, 0.2) is 18.2 Å². The standard InChI is InChI=1S/C25H38N6O4/c1-15-12-13-20(30-24(34)26-16(2)22(32)28-18-8-4-5-9-18)14-21(15)31-25(35)27-17(3)23(33)29-19-10-6-7-11-19/h12-14,16-19H,4-11H2,1-3H3,(H,28,32)(H,29,33)(H2,26,30,34)(H2,27,31,35)/t16-,17+/m1/s1. The van der Waals surface area contributed by atoms with E-state index in [0.29, 0.717) is 11.4 Å². The van der Waals surface area contributed by atoms with Crippen molar-refractivity contribution in [2.24, 2.45) is 0 Å². The van der Waals surface area contributed by atoms with E-state index in [1.807, 2.05) is 6.92 Å². The van der Waals surface area contributed by atoms with Gasteiger partial charge in [0.25, 0.3) is 0 Å². The summed E-state index contributed by atoms with van der Waals surface area (Å²) in [5.41, 5.74) is 1.74. The van der Waals surface area contributed by atoms with Crippen molar-refractivity contribution < 1.29 is 19.2 Å². The predicted octanol–water partition coefficient (Wildman–Crippen LogP) is 3.13. The van der Waals surface area contributed by atoms with E-state index in [4.69, 9.17) is 0 Å². The van der Waals surface area contributed by atoms with Crippen molar-refractivity contribution in [3.63, 3.8) is 0 Å². The van der Waals surface area contributed by atoms with Crippen molar-refractivity contribution in [2.75, 3.05) is 10.6 Å². The lowest BCUT2D eigenvalue weighted by atomic mass is 10.2. The fraction of sp³-hybridized carbons (Fsp3) is 0.600. The third-order valence-corrected chi connectivity index (χ3v) is 6.63. The van der Waals surface area contributed by atoms with Crippen LogP contribution in [0.2, 0.25) is 0 Å². The van der Waals surface area contributed by atoms with Gasteiger partial charge in [-0.05, 0) is 64.2 Å². The van der Waals surface area contributed by atoms with Gasteiger partial charge in [-0.25, -0.2) is 9.59 Å². The molecule has 0 radical (unpaired) electrons. The van der Waals surface area contributed by atoms with E-state index < -0.39 is 24.1 Å². The summed E-state index contributed by atoms with van der Waals surface area (Å²) in [6.07, 6.45) is 8.34. The average Bonchev–Trinajstić information content (AvgIpc) is 3.50. The first-order chi connectivity index (χ1) is 16.7. The van der Waals surface area contributed by atoms with Crippen molar-refractivity contribution >= 4 is 35.3 Å². The van der Waals surface area contributed by atoms with Gasteiger partial charge in [0.05, 0.1) is 0 Å². The van der Waals surface area contributed by atoms with Gasteiger partial charge in [0.1, 0.15) is 12.1 Å². The van der Waals surface area contributed by atoms with Gasteiger partial charge in [0.15, 0.2) is 0 Å². The molecule has 192 valence electrons. The maximum Gasteiger partial charge on any atom is 0.319 e. The van der Waals surface area contributed by atoms with Crippen LogP contribution in [0.4, 0.5) is 21.0 Å². The minimum atomic E-state index is -0.681. The van der Waals surface area contributed by atoms with Crippen LogP contribution in [0.3, 0.4) is 0 Å². The number of aryl methyl sites for hydroxylation is 1. The summed E-state index contributed by atoms with van der Waals surface area (Å²) < 4.78 is 0. The fourth-order valence-corrected chi connectivity index (χ4v) is 4.48. The van der Waals surface area contributed by atoms with Crippen LogP contribution in [0.5, 0.6) is 0 Å². The summed E-state index contributed by atoms with van der Waals surface area (Å²) in [5.74, 6) is -0.414. The Morgan fingerprint density at radius 3 is 1.69 bits per heavy atom. The number of nitrogens with one attached hydrogen (secondary N) is 6. The number of rotatable bonds is 8. The van der Waals surface area contributed by atoms with Crippen LogP contribution in [0.25, 0.3) is 0 Å². The highest BCUT2D eigenvalue weighted by Crippen LogP contribution is 2.21. The van der Waals surface area contributed by atoms with Gasteiger partial charge in [-0.15, -0.1) is 0 Å². The molecule has 0 heterocycles. The van der Waals surface area contributed by atoms with E-state index in [9.17, 15) is 19.2 Å². The Morgan fingerprint density at radius 1 is 0.743 bits per heavy atom. The summed E-state index contributed by atoms with van der Waals surface area (Å²) in [4.78, 5) is 49.5. The Bertz CT molecular complexity index is 925. The van der Waals surface area contributed by atoms with Gasteiger partial charge < -0.3 is 31.9 Å². The quantitative estimate of drug-likeness (QED) is 0.336.